The van der Waals surface area contributed by atoms with Gasteiger partial charge < -0.3 is 10.1 Å². The highest BCUT2D eigenvalue weighted by Gasteiger charge is 2.16. The summed E-state index contributed by atoms with van der Waals surface area (Å²) in [6.45, 7) is 2.70. The molecule has 1 fully saturated rings. The van der Waals surface area contributed by atoms with Gasteiger partial charge in [0.1, 0.15) is 5.75 Å². The largest absolute Gasteiger partial charge is 0.492 e. The molecular weight excluding hydrogens is 335 g/mol. The molecule has 0 bridgehead atoms. The van der Waals surface area contributed by atoms with Crippen LogP contribution in [0.3, 0.4) is 0 Å². The molecule has 0 amide bonds. The number of nitrogens with zero attached hydrogens (tertiary/aromatic N) is 1. The molecule has 1 aliphatic rings. The number of hydrogen-bond donors (Lipinski definition) is 1. The van der Waals surface area contributed by atoms with Crippen molar-refractivity contribution in [1.82, 2.24) is 5.32 Å². The molecule has 0 spiro atoms. The van der Waals surface area contributed by atoms with Crippen molar-refractivity contribution in [3.05, 3.63) is 31.9 Å². The summed E-state index contributed by atoms with van der Waals surface area (Å²) >= 11 is 2.06. The first-order valence-electron chi connectivity index (χ1n) is 5.44. The lowest BCUT2D eigenvalue weighted by Gasteiger charge is -2.11. The molecule has 0 aromatic heterocycles. The molecule has 1 saturated heterocycles. The predicted octanol–water partition coefficient (Wildman–Crippen LogP) is 2.19. The van der Waals surface area contributed by atoms with Gasteiger partial charge in [-0.15, -0.1) is 0 Å². The van der Waals surface area contributed by atoms with E-state index in [9.17, 15) is 10.1 Å². The number of hydrogen-bond acceptors (Lipinski definition) is 4. The minimum Gasteiger partial charge on any atom is -0.492 e. The fourth-order valence-corrected chi connectivity index (χ4v) is 2.44. The summed E-state index contributed by atoms with van der Waals surface area (Å²) in [7, 11) is 0. The topological polar surface area (TPSA) is 64.4 Å². The average molecular weight is 348 g/mol. The quantitative estimate of drug-likeness (QED) is 0.515. The highest BCUT2D eigenvalue weighted by atomic mass is 127. The molecule has 1 aromatic carbocycles. The third-order valence-corrected chi connectivity index (χ3v) is 3.61. The van der Waals surface area contributed by atoms with Gasteiger partial charge in [-0.25, -0.2) is 0 Å². The third-order valence-electron chi connectivity index (χ3n) is 2.76. The van der Waals surface area contributed by atoms with Crippen LogP contribution in [0, 0.1) is 19.6 Å². The van der Waals surface area contributed by atoms with Crippen molar-refractivity contribution in [2.75, 3.05) is 19.7 Å². The van der Waals surface area contributed by atoms with Crippen molar-refractivity contribution in [1.29, 1.82) is 0 Å². The van der Waals surface area contributed by atoms with E-state index in [2.05, 4.69) is 27.9 Å². The Balaban J connectivity index is 1.98. The lowest BCUT2D eigenvalue weighted by molar-refractivity contribution is -0.385. The summed E-state index contributed by atoms with van der Waals surface area (Å²) in [5.41, 5.74) is 0.101. The van der Waals surface area contributed by atoms with Gasteiger partial charge in [-0.2, -0.15) is 0 Å². The van der Waals surface area contributed by atoms with E-state index < -0.39 is 4.92 Å². The van der Waals surface area contributed by atoms with Gasteiger partial charge in [0.25, 0.3) is 5.69 Å². The van der Waals surface area contributed by atoms with Crippen molar-refractivity contribution in [3.63, 3.8) is 0 Å². The molecular formula is C11H13IN2O3. The molecule has 1 aliphatic heterocycles. The molecule has 0 saturated carbocycles. The van der Waals surface area contributed by atoms with Crippen molar-refractivity contribution in [3.8, 4) is 5.75 Å². The Morgan fingerprint density at radius 1 is 1.59 bits per heavy atom. The summed E-state index contributed by atoms with van der Waals surface area (Å²) in [6.07, 6.45) is 1.13. The number of ether oxygens (including phenoxy) is 1. The molecule has 2 rings (SSSR count). The second-order valence-corrected chi connectivity index (χ2v) is 5.20. The van der Waals surface area contributed by atoms with E-state index in [1.165, 1.54) is 12.1 Å². The zero-order chi connectivity index (χ0) is 12.3. The summed E-state index contributed by atoms with van der Waals surface area (Å²) in [4.78, 5) is 10.2. The number of nitro benzene ring substituents is 1. The Kier molecular flexibility index (Phi) is 4.16. The van der Waals surface area contributed by atoms with E-state index in [1.807, 2.05) is 0 Å². The number of benzene rings is 1. The summed E-state index contributed by atoms with van der Waals surface area (Å²) in [6, 6.07) is 4.68. The molecule has 5 nitrogen and oxygen atoms in total. The van der Waals surface area contributed by atoms with Crippen LogP contribution < -0.4 is 10.1 Å². The molecule has 0 radical (unpaired) electrons. The summed E-state index contributed by atoms with van der Waals surface area (Å²) in [5.74, 6) is 1.27. The van der Waals surface area contributed by atoms with Crippen LogP contribution in [-0.4, -0.2) is 24.6 Å². The second kappa shape index (κ2) is 5.63. The Bertz CT molecular complexity index is 419. The number of halogens is 1. The van der Waals surface area contributed by atoms with E-state index in [0.29, 0.717) is 12.5 Å². The van der Waals surface area contributed by atoms with Crippen LogP contribution in [0.4, 0.5) is 5.69 Å². The van der Waals surface area contributed by atoms with E-state index in [4.69, 9.17) is 4.74 Å². The first-order valence-corrected chi connectivity index (χ1v) is 6.52. The van der Waals surface area contributed by atoms with Crippen LogP contribution >= 0.6 is 22.6 Å². The standard InChI is InChI=1S/C11H13IN2O3/c12-10-5-9(14(15)16)1-2-11(10)17-7-8-3-4-13-6-8/h1-2,5,8,13H,3-4,6-7H2. The fourth-order valence-electron chi connectivity index (χ4n) is 1.78. The highest BCUT2D eigenvalue weighted by Crippen LogP contribution is 2.26. The SMILES string of the molecule is O=[N+]([O-])c1ccc(OCC2CCNC2)c(I)c1. The number of non-ortho nitro benzene ring substituents is 1. The van der Waals surface area contributed by atoms with Gasteiger partial charge in [-0.05, 0) is 41.6 Å². The lowest BCUT2D eigenvalue weighted by atomic mass is 10.1. The normalized spacial score (nSPS) is 19.2. The summed E-state index contributed by atoms with van der Waals surface area (Å²) < 4.78 is 6.47. The molecule has 1 atom stereocenters. The Hall–Kier alpha value is -0.890. The van der Waals surface area contributed by atoms with Gasteiger partial charge in [0, 0.05) is 24.6 Å². The number of nitro groups is 1. The molecule has 0 aliphatic carbocycles. The molecule has 92 valence electrons. The van der Waals surface area contributed by atoms with Crippen LogP contribution in [0.1, 0.15) is 6.42 Å². The molecule has 1 heterocycles. The number of rotatable bonds is 4. The van der Waals surface area contributed by atoms with Gasteiger partial charge >= 0.3 is 0 Å². The third kappa shape index (κ3) is 3.29. The molecule has 6 heteroatoms. The second-order valence-electron chi connectivity index (χ2n) is 4.04. The van der Waals surface area contributed by atoms with Gasteiger partial charge in [0.15, 0.2) is 0 Å². The van der Waals surface area contributed by atoms with Crippen molar-refractivity contribution in [2.24, 2.45) is 5.92 Å². The maximum Gasteiger partial charge on any atom is 0.270 e. The van der Waals surface area contributed by atoms with E-state index in [0.717, 1.165) is 28.8 Å². The fraction of sp³-hybridized carbons (Fsp3) is 0.455. The highest BCUT2D eigenvalue weighted by molar-refractivity contribution is 14.1. The van der Waals surface area contributed by atoms with E-state index in [1.54, 1.807) is 6.07 Å². The Morgan fingerprint density at radius 2 is 2.41 bits per heavy atom. The molecule has 1 aromatic rings. The minimum atomic E-state index is -0.396. The average Bonchev–Trinajstić information content (AvgIpc) is 2.80. The minimum absolute atomic E-state index is 0.101. The van der Waals surface area contributed by atoms with Crippen LogP contribution in [0.15, 0.2) is 18.2 Å². The van der Waals surface area contributed by atoms with Crippen LogP contribution in [-0.2, 0) is 0 Å². The van der Waals surface area contributed by atoms with Crippen LogP contribution in [0.5, 0.6) is 5.75 Å². The summed E-state index contributed by atoms with van der Waals surface area (Å²) in [5, 5.41) is 13.9. The first-order chi connectivity index (χ1) is 8.16. The molecule has 1 N–H and O–H groups in total. The van der Waals surface area contributed by atoms with Crippen molar-refractivity contribution < 1.29 is 9.66 Å². The van der Waals surface area contributed by atoms with Crippen molar-refractivity contribution >= 4 is 28.3 Å². The molecule has 17 heavy (non-hydrogen) atoms. The monoisotopic (exact) mass is 348 g/mol. The predicted molar refractivity (Wildman–Crippen MR) is 72.3 cm³/mol. The van der Waals surface area contributed by atoms with Crippen molar-refractivity contribution in [2.45, 2.75) is 6.42 Å². The molecule has 1 unspecified atom stereocenters. The zero-order valence-corrected chi connectivity index (χ0v) is 11.3. The zero-order valence-electron chi connectivity index (χ0n) is 9.19. The van der Waals surface area contributed by atoms with Crippen LogP contribution in [0.25, 0.3) is 0 Å². The van der Waals surface area contributed by atoms with E-state index in [-0.39, 0.29) is 5.69 Å². The smallest absolute Gasteiger partial charge is 0.270 e. The van der Waals surface area contributed by atoms with Gasteiger partial charge in [0.2, 0.25) is 0 Å². The van der Waals surface area contributed by atoms with E-state index >= 15 is 0 Å². The maximum atomic E-state index is 10.6. The number of nitrogens with one attached hydrogen (secondary N) is 1. The maximum absolute atomic E-state index is 10.6. The van der Waals surface area contributed by atoms with Gasteiger partial charge in [0.05, 0.1) is 15.1 Å². The van der Waals surface area contributed by atoms with Gasteiger partial charge in [-0.3, -0.25) is 10.1 Å². The lowest BCUT2D eigenvalue weighted by Crippen LogP contribution is -2.15. The first kappa shape index (κ1) is 12.6. The van der Waals surface area contributed by atoms with Gasteiger partial charge in [-0.1, -0.05) is 0 Å². The Morgan fingerprint density at radius 3 is 3.00 bits per heavy atom. The van der Waals surface area contributed by atoms with Crippen LogP contribution in [0.2, 0.25) is 0 Å². The Labute approximate surface area is 113 Å².